The van der Waals surface area contributed by atoms with E-state index in [1.54, 1.807) is 4.90 Å². The SMILES string of the molecule is CS(=O)(=O)NCC1CCCCN1C(=O)CNC(=O)CN.Cl. The number of carbonyl (C=O) groups is 2. The third-order valence-electron chi connectivity index (χ3n) is 3.15. The van der Waals surface area contributed by atoms with Crippen molar-refractivity contribution in [1.29, 1.82) is 0 Å². The lowest BCUT2D eigenvalue weighted by molar-refractivity contribution is -0.135. The summed E-state index contributed by atoms with van der Waals surface area (Å²) in [4.78, 5) is 24.7. The summed E-state index contributed by atoms with van der Waals surface area (Å²) in [6, 6.07) is -0.166. The number of piperidine rings is 1. The van der Waals surface area contributed by atoms with Crippen molar-refractivity contribution in [3.05, 3.63) is 0 Å². The van der Waals surface area contributed by atoms with Crippen LogP contribution in [0.5, 0.6) is 0 Å². The maximum Gasteiger partial charge on any atom is 0.242 e. The second kappa shape index (κ2) is 9.19. The molecule has 4 N–H and O–H groups in total. The van der Waals surface area contributed by atoms with E-state index in [1.807, 2.05) is 0 Å². The third kappa shape index (κ3) is 7.60. The van der Waals surface area contributed by atoms with Gasteiger partial charge in [-0.05, 0) is 19.3 Å². The van der Waals surface area contributed by atoms with Gasteiger partial charge in [0.15, 0.2) is 0 Å². The zero-order valence-corrected chi connectivity index (χ0v) is 13.6. The highest BCUT2D eigenvalue weighted by Crippen LogP contribution is 2.16. The highest BCUT2D eigenvalue weighted by atomic mass is 35.5. The van der Waals surface area contributed by atoms with Crippen molar-refractivity contribution >= 4 is 34.2 Å². The second-order valence-corrected chi connectivity index (χ2v) is 6.67. The molecular formula is C11H23ClN4O4S. The standard InChI is InChI=1S/C11H22N4O4S.ClH/c1-20(18,19)14-7-9-4-2-3-5-15(9)11(17)8-13-10(16)6-12;/h9,14H,2-8,12H2,1H3,(H,13,16);1H. The second-order valence-electron chi connectivity index (χ2n) is 4.84. The quantitative estimate of drug-likeness (QED) is 0.537. The number of amides is 2. The van der Waals surface area contributed by atoms with Gasteiger partial charge >= 0.3 is 0 Å². The van der Waals surface area contributed by atoms with Gasteiger partial charge in [-0.25, -0.2) is 13.1 Å². The molecule has 1 aliphatic heterocycles. The molecule has 8 nitrogen and oxygen atoms in total. The Bertz CT molecular complexity index is 457. The number of hydrogen-bond donors (Lipinski definition) is 3. The number of likely N-dealkylation sites (tertiary alicyclic amines) is 1. The minimum absolute atomic E-state index is 0. The third-order valence-corrected chi connectivity index (χ3v) is 3.84. The van der Waals surface area contributed by atoms with Gasteiger partial charge in [0.2, 0.25) is 21.8 Å². The van der Waals surface area contributed by atoms with Gasteiger partial charge in [-0.1, -0.05) is 0 Å². The van der Waals surface area contributed by atoms with E-state index < -0.39 is 10.0 Å². The van der Waals surface area contributed by atoms with Crippen LogP contribution in [-0.2, 0) is 19.6 Å². The molecule has 10 heteroatoms. The van der Waals surface area contributed by atoms with Gasteiger partial charge in [0.1, 0.15) is 0 Å². The summed E-state index contributed by atoms with van der Waals surface area (Å²) in [6.45, 7) is 0.514. The summed E-state index contributed by atoms with van der Waals surface area (Å²) in [5, 5.41) is 2.43. The summed E-state index contributed by atoms with van der Waals surface area (Å²) >= 11 is 0. The first-order chi connectivity index (χ1) is 9.33. The summed E-state index contributed by atoms with van der Waals surface area (Å²) in [6.07, 6.45) is 3.67. The lowest BCUT2D eigenvalue weighted by Crippen LogP contribution is -2.52. The topological polar surface area (TPSA) is 122 Å². The van der Waals surface area contributed by atoms with Crippen molar-refractivity contribution in [3.63, 3.8) is 0 Å². The highest BCUT2D eigenvalue weighted by Gasteiger charge is 2.27. The lowest BCUT2D eigenvalue weighted by Gasteiger charge is -2.35. The Morgan fingerprint density at radius 3 is 2.57 bits per heavy atom. The van der Waals surface area contributed by atoms with E-state index in [4.69, 9.17) is 5.73 Å². The van der Waals surface area contributed by atoms with Crippen LogP contribution >= 0.6 is 12.4 Å². The maximum atomic E-state index is 12.0. The van der Waals surface area contributed by atoms with E-state index in [9.17, 15) is 18.0 Å². The summed E-state index contributed by atoms with van der Waals surface area (Å²) in [5.74, 6) is -0.604. The molecule has 1 saturated heterocycles. The first-order valence-electron chi connectivity index (χ1n) is 6.54. The van der Waals surface area contributed by atoms with Crippen molar-refractivity contribution in [2.24, 2.45) is 5.73 Å². The van der Waals surface area contributed by atoms with E-state index in [1.165, 1.54) is 0 Å². The Balaban J connectivity index is 0.00000400. The minimum Gasteiger partial charge on any atom is -0.346 e. The molecule has 0 aliphatic carbocycles. The predicted molar refractivity (Wildman–Crippen MR) is 81.5 cm³/mol. The van der Waals surface area contributed by atoms with Crippen LogP contribution < -0.4 is 15.8 Å². The number of nitrogens with two attached hydrogens (primary N) is 1. The molecule has 1 heterocycles. The predicted octanol–water partition coefficient (Wildman–Crippen LogP) is -1.59. The van der Waals surface area contributed by atoms with Gasteiger partial charge in [-0.3, -0.25) is 9.59 Å². The van der Waals surface area contributed by atoms with Gasteiger partial charge < -0.3 is 16.0 Å². The molecule has 0 aromatic heterocycles. The van der Waals surface area contributed by atoms with Crippen molar-refractivity contribution in [1.82, 2.24) is 14.9 Å². The number of nitrogens with one attached hydrogen (secondary N) is 2. The maximum absolute atomic E-state index is 12.0. The van der Waals surface area contributed by atoms with Crippen LogP contribution in [0.15, 0.2) is 0 Å². The van der Waals surface area contributed by atoms with Crippen LogP contribution in [0.2, 0.25) is 0 Å². The number of hydrogen-bond acceptors (Lipinski definition) is 5. The van der Waals surface area contributed by atoms with Crippen LogP contribution in [-0.4, -0.2) is 63.6 Å². The largest absolute Gasteiger partial charge is 0.346 e. The molecule has 21 heavy (non-hydrogen) atoms. The average Bonchev–Trinajstić information content (AvgIpc) is 2.41. The Kier molecular flexibility index (Phi) is 8.79. The van der Waals surface area contributed by atoms with E-state index >= 15 is 0 Å². The van der Waals surface area contributed by atoms with E-state index in [-0.39, 0.29) is 49.9 Å². The first-order valence-corrected chi connectivity index (χ1v) is 8.43. The molecular weight excluding hydrogens is 320 g/mol. The summed E-state index contributed by atoms with van der Waals surface area (Å²) in [7, 11) is -3.28. The normalized spacial score (nSPS) is 18.8. The highest BCUT2D eigenvalue weighted by molar-refractivity contribution is 7.88. The minimum atomic E-state index is -3.28. The lowest BCUT2D eigenvalue weighted by atomic mass is 10.0. The Hall–Kier alpha value is -0.900. The molecule has 0 saturated carbocycles. The van der Waals surface area contributed by atoms with E-state index in [0.717, 1.165) is 25.5 Å². The summed E-state index contributed by atoms with van der Waals surface area (Å²) < 4.78 is 24.7. The van der Waals surface area contributed by atoms with Crippen LogP contribution in [0.1, 0.15) is 19.3 Å². The van der Waals surface area contributed by atoms with Crippen LogP contribution in [0.25, 0.3) is 0 Å². The fourth-order valence-electron chi connectivity index (χ4n) is 2.14. The molecule has 1 aliphatic rings. The van der Waals surface area contributed by atoms with Crippen LogP contribution in [0.3, 0.4) is 0 Å². The Morgan fingerprint density at radius 1 is 1.33 bits per heavy atom. The van der Waals surface area contributed by atoms with Gasteiger partial charge in [-0.15, -0.1) is 12.4 Å². The molecule has 0 aromatic carbocycles. The van der Waals surface area contributed by atoms with Gasteiger partial charge in [0, 0.05) is 19.1 Å². The number of nitrogens with zero attached hydrogens (tertiary/aromatic N) is 1. The number of carbonyl (C=O) groups excluding carboxylic acids is 2. The van der Waals surface area contributed by atoms with Crippen molar-refractivity contribution in [2.75, 3.05) is 32.4 Å². The van der Waals surface area contributed by atoms with Crippen molar-refractivity contribution in [3.8, 4) is 0 Å². The fourth-order valence-corrected chi connectivity index (χ4v) is 2.63. The molecule has 1 fully saturated rings. The van der Waals surface area contributed by atoms with Gasteiger partial charge in [0.25, 0.3) is 0 Å². The zero-order chi connectivity index (χ0) is 15.2. The molecule has 0 aromatic rings. The number of rotatable bonds is 6. The zero-order valence-electron chi connectivity index (χ0n) is 12.0. The number of halogens is 1. The van der Waals surface area contributed by atoms with Crippen LogP contribution in [0, 0.1) is 0 Å². The molecule has 1 atom stereocenters. The Labute approximate surface area is 131 Å². The Morgan fingerprint density at radius 2 is 2.00 bits per heavy atom. The summed E-state index contributed by atoms with van der Waals surface area (Å²) in [5.41, 5.74) is 5.15. The van der Waals surface area contributed by atoms with Crippen molar-refractivity contribution in [2.45, 2.75) is 25.3 Å². The first kappa shape index (κ1) is 20.1. The molecule has 2 amide bonds. The van der Waals surface area contributed by atoms with Gasteiger partial charge in [0.05, 0.1) is 19.3 Å². The molecule has 0 radical (unpaired) electrons. The average molecular weight is 343 g/mol. The fraction of sp³-hybridized carbons (Fsp3) is 0.818. The monoisotopic (exact) mass is 342 g/mol. The number of sulfonamides is 1. The molecule has 1 unspecified atom stereocenters. The van der Waals surface area contributed by atoms with Gasteiger partial charge in [-0.2, -0.15) is 0 Å². The molecule has 1 rings (SSSR count). The molecule has 124 valence electrons. The van der Waals surface area contributed by atoms with Crippen molar-refractivity contribution < 1.29 is 18.0 Å². The molecule has 0 bridgehead atoms. The smallest absolute Gasteiger partial charge is 0.242 e. The van der Waals surface area contributed by atoms with Crippen LogP contribution in [0.4, 0.5) is 0 Å². The van der Waals surface area contributed by atoms with E-state index in [0.29, 0.717) is 6.54 Å². The molecule has 0 spiro atoms. The van der Waals surface area contributed by atoms with E-state index in [2.05, 4.69) is 10.0 Å².